The van der Waals surface area contributed by atoms with Crippen molar-refractivity contribution in [1.82, 2.24) is 10.2 Å². The van der Waals surface area contributed by atoms with E-state index in [0.717, 1.165) is 4.90 Å². The minimum absolute atomic E-state index is 0.165. The van der Waals surface area contributed by atoms with Crippen LogP contribution in [-0.2, 0) is 34.2 Å². The number of anilines is 3. The molecule has 0 aromatic heterocycles. The number of benzene rings is 2. The van der Waals surface area contributed by atoms with Gasteiger partial charge in [-0.25, -0.2) is 4.90 Å². The zero-order chi connectivity index (χ0) is 27.5. The molecule has 0 saturated carbocycles. The van der Waals surface area contributed by atoms with E-state index in [4.69, 9.17) is 4.74 Å². The molecule has 11 nitrogen and oxygen atoms in total. The van der Waals surface area contributed by atoms with Crippen molar-refractivity contribution in [1.29, 1.82) is 0 Å². The van der Waals surface area contributed by atoms with Crippen LogP contribution in [0, 0.1) is 11.8 Å². The SMILES string of the molecule is CC(=O)Nc1ccc(N2C(=O)C3C(C)NC4(C(=O)N(CC(=O)N5CCOCC5)c5ccccc54)C3C2=O)cc1. The molecule has 2 aromatic rings. The fourth-order valence-corrected chi connectivity index (χ4v) is 6.47. The number of para-hydroxylation sites is 1. The Morgan fingerprint density at radius 2 is 1.72 bits per heavy atom. The highest BCUT2D eigenvalue weighted by Crippen LogP contribution is 2.55. The molecule has 202 valence electrons. The molecular weight excluding hydrogens is 502 g/mol. The van der Waals surface area contributed by atoms with Gasteiger partial charge in [0.05, 0.1) is 30.7 Å². The van der Waals surface area contributed by atoms with Crippen molar-refractivity contribution in [2.75, 3.05) is 48.0 Å². The molecule has 0 aliphatic carbocycles. The third-order valence-corrected chi connectivity index (χ3v) is 8.12. The van der Waals surface area contributed by atoms with Gasteiger partial charge in [-0.2, -0.15) is 0 Å². The molecule has 4 unspecified atom stereocenters. The summed E-state index contributed by atoms with van der Waals surface area (Å²) in [5.41, 5.74) is 0.589. The van der Waals surface area contributed by atoms with Crippen molar-refractivity contribution >= 4 is 46.6 Å². The molecule has 1 spiro atoms. The number of carbonyl (C=O) groups is 5. The Balaban J connectivity index is 1.36. The van der Waals surface area contributed by atoms with Gasteiger partial charge < -0.3 is 19.9 Å². The van der Waals surface area contributed by atoms with E-state index in [0.29, 0.717) is 48.9 Å². The average molecular weight is 532 g/mol. The topological polar surface area (TPSA) is 128 Å². The zero-order valence-electron chi connectivity index (χ0n) is 21.7. The van der Waals surface area contributed by atoms with E-state index in [-0.39, 0.29) is 24.3 Å². The van der Waals surface area contributed by atoms with Gasteiger partial charge in [0.1, 0.15) is 12.1 Å². The maximum Gasteiger partial charge on any atom is 0.253 e. The number of ether oxygens (including phenoxy) is 1. The normalized spacial score (nSPS) is 27.8. The highest BCUT2D eigenvalue weighted by atomic mass is 16.5. The van der Waals surface area contributed by atoms with Crippen LogP contribution in [0.4, 0.5) is 17.1 Å². The van der Waals surface area contributed by atoms with Gasteiger partial charge in [-0.15, -0.1) is 0 Å². The van der Waals surface area contributed by atoms with Gasteiger partial charge >= 0.3 is 0 Å². The maximum atomic E-state index is 14.3. The lowest BCUT2D eigenvalue weighted by Crippen LogP contribution is -2.56. The predicted molar refractivity (Wildman–Crippen MR) is 141 cm³/mol. The molecule has 4 atom stereocenters. The van der Waals surface area contributed by atoms with E-state index in [1.807, 2.05) is 0 Å². The van der Waals surface area contributed by atoms with Gasteiger partial charge in [-0.3, -0.25) is 29.3 Å². The van der Waals surface area contributed by atoms with E-state index in [9.17, 15) is 24.0 Å². The van der Waals surface area contributed by atoms with Gasteiger partial charge in [0.25, 0.3) is 5.91 Å². The lowest BCUT2D eigenvalue weighted by atomic mass is 9.76. The highest BCUT2D eigenvalue weighted by Gasteiger charge is 2.71. The molecule has 6 rings (SSSR count). The fourth-order valence-electron chi connectivity index (χ4n) is 6.47. The Morgan fingerprint density at radius 3 is 2.41 bits per heavy atom. The molecule has 4 aliphatic heterocycles. The van der Waals surface area contributed by atoms with Crippen molar-refractivity contribution in [3.63, 3.8) is 0 Å². The molecule has 0 bridgehead atoms. The van der Waals surface area contributed by atoms with Crippen molar-refractivity contribution in [2.24, 2.45) is 11.8 Å². The lowest BCUT2D eigenvalue weighted by molar-refractivity contribution is -0.136. The van der Waals surface area contributed by atoms with Gasteiger partial charge in [-0.1, -0.05) is 18.2 Å². The first-order valence-corrected chi connectivity index (χ1v) is 13.0. The van der Waals surface area contributed by atoms with Crippen molar-refractivity contribution in [3.05, 3.63) is 54.1 Å². The van der Waals surface area contributed by atoms with E-state index >= 15 is 0 Å². The molecule has 3 fully saturated rings. The van der Waals surface area contributed by atoms with Crippen molar-refractivity contribution < 1.29 is 28.7 Å². The standard InChI is InChI=1S/C28H29N5O6/c1-16-23-24(26(37)33(25(23)36)19-9-7-18(8-10-19)29-17(2)34)28(30-16)20-5-3-4-6-21(20)32(27(28)38)15-22(35)31-11-13-39-14-12-31/h3-10,16,23-24,30H,11-15H2,1-2H3,(H,29,34). The van der Waals surface area contributed by atoms with Crippen LogP contribution in [0.1, 0.15) is 19.4 Å². The number of nitrogens with one attached hydrogen (secondary N) is 2. The number of imide groups is 1. The second kappa shape index (κ2) is 9.28. The third-order valence-electron chi connectivity index (χ3n) is 8.12. The largest absolute Gasteiger partial charge is 0.378 e. The number of hydrogen-bond acceptors (Lipinski definition) is 7. The summed E-state index contributed by atoms with van der Waals surface area (Å²) in [6.45, 7) is 4.83. The molecule has 0 radical (unpaired) electrons. The highest BCUT2D eigenvalue weighted by molar-refractivity contribution is 6.26. The van der Waals surface area contributed by atoms with Crippen LogP contribution in [0.2, 0.25) is 0 Å². The quantitative estimate of drug-likeness (QED) is 0.560. The molecule has 4 heterocycles. The second-order valence-corrected chi connectivity index (χ2v) is 10.4. The third kappa shape index (κ3) is 3.75. The fraction of sp³-hybridized carbons (Fsp3) is 0.393. The summed E-state index contributed by atoms with van der Waals surface area (Å²) in [5, 5.41) is 6.00. The van der Waals surface area contributed by atoms with Crippen LogP contribution < -0.4 is 20.4 Å². The first kappa shape index (κ1) is 25.2. The zero-order valence-corrected chi connectivity index (χ0v) is 21.7. The number of morpholine rings is 1. The van der Waals surface area contributed by atoms with Crippen molar-refractivity contribution in [3.8, 4) is 0 Å². The van der Waals surface area contributed by atoms with Crippen molar-refractivity contribution in [2.45, 2.75) is 25.4 Å². The minimum Gasteiger partial charge on any atom is -0.378 e. The summed E-state index contributed by atoms with van der Waals surface area (Å²) >= 11 is 0. The molecule has 11 heteroatoms. The smallest absolute Gasteiger partial charge is 0.253 e. The number of nitrogens with zero attached hydrogens (tertiary/aromatic N) is 3. The van der Waals surface area contributed by atoms with Crippen LogP contribution in [0.25, 0.3) is 0 Å². The first-order valence-electron chi connectivity index (χ1n) is 13.0. The number of hydrogen-bond donors (Lipinski definition) is 2. The van der Waals surface area contributed by atoms with E-state index < -0.39 is 35.2 Å². The monoisotopic (exact) mass is 531 g/mol. The van der Waals surface area contributed by atoms with Gasteiger partial charge in [0.2, 0.25) is 23.6 Å². The Kier molecular flexibility index (Phi) is 6.00. The predicted octanol–water partition coefficient (Wildman–Crippen LogP) is 0.843. The number of carbonyl (C=O) groups excluding carboxylic acids is 5. The molecular formula is C28H29N5O6. The molecule has 2 N–H and O–H groups in total. The molecule has 39 heavy (non-hydrogen) atoms. The van der Waals surface area contributed by atoms with Crippen LogP contribution >= 0.6 is 0 Å². The van der Waals surface area contributed by atoms with Crippen LogP contribution in [0.3, 0.4) is 0 Å². The van der Waals surface area contributed by atoms with E-state index in [1.54, 1.807) is 60.4 Å². The lowest BCUT2D eigenvalue weighted by Gasteiger charge is -2.31. The Morgan fingerprint density at radius 1 is 1.03 bits per heavy atom. The van der Waals surface area contributed by atoms with Gasteiger partial charge in [0.15, 0.2) is 0 Å². The van der Waals surface area contributed by atoms with Crippen LogP contribution in [-0.4, -0.2) is 73.3 Å². The minimum atomic E-state index is -1.47. The number of rotatable bonds is 4. The van der Waals surface area contributed by atoms with Crippen LogP contribution in [0.15, 0.2) is 48.5 Å². The molecule has 5 amide bonds. The summed E-state index contributed by atoms with van der Waals surface area (Å²) in [4.78, 5) is 70.8. The molecule has 2 aromatic carbocycles. The summed E-state index contributed by atoms with van der Waals surface area (Å²) in [6.07, 6.45) is 0. The summed E-state index contributed by atoms with van der Waals surface area (Å²) in [7, 11) is 0. The second-order valence-electron chi connectivity index (χ2n) is 10.4. The summed E-state index contributed by atoms with van der Waals surface area (Å²) < 4.78 is 5.35. The molecule has 4 aliphatic rings. The maximum absolute atomic E-state index is 14.3. The van der Waals surface area contributed by atoms with E-state index in [1.165, 1.54) is 11.8 Å². The Labute approximate surface area is 225 Å². The Bertz CT molecular complexity index is 1390. The van der Waals surface area contributed by atoms with E-state index in [2.05, 4.69) is 10.6 Å². The number of fused-ring (bicyclic) bond motifs is 4. The van der Waals surface area contributed by atoms with Gasteiger partial charge in [-0.05, 0) is 37.3 Å². The summed E-state index contributed by atoms with van der Waals surface area (Å²) in [5.74, 6) is -3.44. The number of amides is 5. The van der Waals surface area contributed by atoms with Crippen LogP contribution in [0.5, 0.6) is 0 Å². The average Bonchev–Trinajstić information content (AvgIpc) is 3.48. The first-order chi connectivity index (χ1) is 18.7. The molecule has 3 saturated heterocycles. The summed E-state index contributed by atoms with van der Waals surface area (Å²) in [6, 6.07) is 13.1. The van der Waals surface area contributed by atoms with Gasteiger partial charge in [0, 0.05) is 43.0 Å². The Hall–Kier alpha value is -4.09.